The minimum atomic E-state index is -0.761. The topological polar surface area (TPSA) is 163 Å². The van der Waals surface area contributed by atoms with Crippen molar-refractivity contribution in [3.05, 3.63) is 119 Å². The Morgan fingerprint density at radius 1 is 0.545 bits per heavy atom. The van der Waals surface area contributed by atoms with Crippen LogP contribution in [0, 0.1) is 13.8 Å². The van der Waals surface area contributed by atoms with Crippen molar-refractivity contribution >= 4 is 46.1 Å². The summed E-state index contributed by atoms with van der Waals surface area (Å²) in [6.45, 7) is 3.57. The first-order chi connectivity index (χ1) is 21.1. The van der Waals surface area contributed by atoms with E-state index in [4.69, 9.17) is 20.9 Å². The largest absolute Gasteiger partial charge is 0.451 e. The summed E-state index contributed by atoms with van der Waals surface area (Å²) in [5.74, 6) is -2.96. The number of anilines is 2. The fourth-order valence-corrected chi connectivity index (χ4v) is 5.09. The molecule has 0 unspecified atom stereocenters. The molecule has 0 aliphatic carbocycles. The molecule has 2 aliphatic heterocycles. The molecule has 0 radical (unpaired) electrons. The SMILES string of the molecule is Cc1cc(OC2=C(c3cccc(-c4ccccc4)c3C3=C(Oc4ccc(N)c(C)c4)C(=O)NC3=O)C(=O)NC2=O)ccc1N. The third-order valence-corrected chi connectivity index (χ3v) is 7.37. The van der Waals surface area contributed by atoms with Crippen LogP contribution in [0.15, 0.2) is 96.4 Å². The van der Waals surface area contributed by atoms with Crippen molar-refractivity contribution in [2.24, 2.45) is 0 Å². The average molecular weight is 587 g/mol. The van der Waals surface area contributed by atoms with E-state index in [0.29, 0.717) is 33.6 Å². The molecule has 0 spiro atoms. The van der Waals surface area contributed by atoms with Crippen molar-refractivity contribution in [1.29, 1.82) is 0 Å². The van der Waals surface area contributed by atoms with Gasteiger partial charge in [-0.05, 0) is 78.1 Å². The van der Waals surface area contributed by atoms with Gasteiger partial charge in [-0.1, -0.05) is 48.5 Å². The molecule has 6 N–H and O–H groups in total. The minimum Gasteiger partial charge on any atom is -0.451 e. The predicted molar refractivity (Wildman–Crippen MR) is 164 cm³/mol. The van der Waals surface area contributed by atoms with Gasteiger partial charge in [0.25, 0.3) is 23.6 Å². The normalized spacial score (nSPS) is 14.7. The highest BCUT2D eigenvalue weighted by Crippen LogP contribution is 2.41. The van der Waals surface area contributed by atoms with Gasteiger partial charge in [0.05, 0.1) is 11.1 Å². The van der Waals surface area contributed by atoms with E-state index in [0.717, 1.165) is 0 Å². The summed E-state index contributed by atoms with van der Waals surface area (Å²) < 4.78 is 12.0. The second kappa shape index (κ2) is 10.9. The molecule has 44 heavy (non-hydrogen) atoms. The quantitative estimate of drug-likeness (QED) is 0.186. The van der Waals surface area contributed by atoms with E-state index in [1.54, 1.807) is 68.4 Å². The lowest BCUT2D eigenvalue weighted by molar-refractivity contribution is -0.126. The summed E-state index contributed by atoms with van der Waals surface area (Å²) in [5, 5.41) is 4.61. The molecular formula is C34H26N4O6. The fraction of sp³-hybridized carbons (Fsp3) is 0.0588. The number of carbonyl (C=O) groups excluding carboxylic acids is 4. The van der Waals surface area contributed by atoms with E-state index >= 15 is 0 Å². The number of nitrogen functional groups attached to an aromatic ring is 2. The third kappa shape index (κ3) is 4.94. The van der Waals surface area contributed by atoms with Crippen LogP contribution in [0.2, 0.25) is 0 Å². The molecular weight excluding hydrogens is 560 g/mol. The van der Waals surface area contributed by atoms with E-state index in [1.165, 1.54) is 0 Å². The van der Waals surface area contributed by atoms with Gasteiger partial charge in [0, 0.05) is 16.9 Å². The van der Waals surface area contributed by atoms with Gasteiger partial charge >= 0.3 is 0 Å². The van der Waals surface area contributed by atoms with Crippen molar-refractivity contribution in [2.45, 2.75) is 13.8 Å². The number of hydrogen-bond acceptors (Lipinski definition) is 8. The summed E-state index contributed by atoms with van der Waals surface area (Å²) >= 11 is 0. The van der Waals surface area contributed by atoms with Crippen molar-refractivity contribution in [1.82, 2.24) is 10.6 Å². The Morgan fingerprint density at radius 3 is 1.59 bits per heavy atom. The maximum atomic E-state index is 13.5. The maximum absolute atomic E-state index is 13.5. The third-order valence-electron chi connectivity index (χ3n) is 7.37. The summed E-state index contributed by atoms with van der Waals surface area (Å²) in [6, 6.07) is 23.8. The second-order valence-corrected chi connectivity index (χ2v) is 10.3. The molecule has 0 bridgehead atoms. The summed E-state index contributed by atoms with van der Waals surface area (Å²) in [7, 11) is 0. The maximum Gasteiger partial charge on any atom is 0.294 e. The van der Waals surface area contributed by atoms with Crippen LogP contribution in [-0.4, -0.2) is 23.6 Å². The summed E-state index contributed by atoms with van der Waals surface area (Å²) in [5.41, 5.74) is 15.8. The van der Waals surface area contributed by atoms with Crippen molar-refractivity contribution in [3.63, 3.8) is 0 Å². The van der Waals surface area contributed by atoms with Crippen molar-refractivity contribution < 1.29 is 28.7 Å². The molecule has 218 valence electrons. The van der Waals surface area contributed by atoms with Gasteiger partial charge in [0.2, 0.25) is 11.5 Å². The Hall–Kier alpha value is -6.16. The zero-order valence-electron chi connectivity index (χ0n) is 23.7. The number of amides is 4. The van der Waals surface area contributed by atoms with Gasteiger partial charge in [-0.15, -0.1) is 0 Å². The number of ether oxygens (including phenoxy) is 2. The predicted octanol–water partition coefficient (Wildman–Crippen LogP) is 4.03. The Kier molecular flexibility index (Phi) is 6.94. The van der Waals surface area contributed by atoms with Crippen LogP contribution in [0.1, 0.15) is 22.3 Å². The summed E-state index contributed by atoms with van der Waals surface area (Å²) in [6.07, 6.45) is 0. The second-order valence-electron chi connectivity index (χ2n) is 10.3. The fourth-order valence-electron chi connectivity index (χ4n) is 5.09. The molecule has 0 atom stereocenters. The Labute approximate surface area is 252 Å². The number of carbonyl (C=O) groups is 4. The van der Waals surface area contributed by atoms with E-state index in [2.05, 4.69) is 10.6 Å². The Balaban J connectivity index is 1.62. The van der Waals surface area contributed by atoms with Gasteiger partial charge in [-0.2, -0.15) is 0 Å². The van der Waals surface area contributed by atoms with Gasteiger partial charge < -0.3 is 20.9 Å². The van der Waals surface area contributed by atoms with Crippen LogP contribution in [-0.2, 0) is 19.2 Å². The van der Waals surface area contributed by atoms with Crippen LogP contribution < -0.4 is 31.6 Å². The lowest BCUT2D eigenvalue weighted by Gasteiger charge is -2.17. The van der Waals surface area contributed by atoms with Crippen LogP contribution in [0.3, 0.4) is 0 Å². The highest BCUT2D eigenvalue weighted by Gasteiger charge is 2.40. The molecule has 10 heteroatoms. The molecule has 4 amide bonds. The van der Waals surface area contributed by atoms with Crippen LogP contribution >= 0.6 is 0 Å². The number of aryl methyl sites for hydroxylation is 2. The molecule has 6 rings (SSSR count). The molecule has 4 aromatic carbocycles. The molecule has 0 fully saturated rings. The smallest absolute Gasteiger partial charge is 0.294 e. The van der Waals surface area contributed by atoms with E-state index in [1.807, 2.05) is 30.3 Å². The highest BCUT2D eigenvalue weighted by molar-refractivity contribution is 6.40. The van der Waals surface area contributed by atoms with Crippen molar-refractivity contribution in [2.75, 3.05) is 11.5 Å². The van der Waals surface area contributed by atoms with Gasteiger partial charge in [-0.3, -0.25) is 29.8 Å². The zero-order valence-corrected chi connectivity index (χ0v) is 23.7. The Morgan fingerprint density at radius 2 is 1.05 bits per heavy atom. The van der Waals surface area contributed by atoms with E-state index in [9.17, 15) is 19.2 Å². The number of hydrogen-bond donors (Lipinski definition) is 4. The summed E-state index contributed by atoms with van der Waals surface area (Å²) in [4.78, 5) is 53.2. The highest BCUT2D eigenvalue weighted by atomic mass is 16.5. The number of imide groups is 2. The van der Waals surface area contributed by atoms with Crippen LogP contribution in [0.25, 0.3) is 22.3 Å². The molecule has 4 aromatic rings. The standard InChI is InChI=1S/C34H26N4O6/c1-17-15-20(11-13-24(17)35)43-29-27(31(39)37-33(29)41)23-10-6-9-22(19-7-4-3-5-8-19)26(23)28-30(34(42)38-32(28)40)44-21-12-14-25(36)18(2)16-21/h3-16H,35-36H2,1-2H3,(H,37,39,41)(H,38,40,42). The molecule has 2 aliphatic rings. The molecule has 0 saturated heterocycles. The lowest BCUT2D eigenvalue weighted by Crippen LogP contribution is -2.24. The molecule has 10 nitrogen and oxygen atoms in total. The minimum absolute atomic E-state index is 0.110. The van der Waals surface area contributed by atoms with Gasteiger partial charge in [-0.25, -0.2) is 0 Å². The van der Waals surface area contributed by atoms with E-state index in [-0.39, 0.29) is 45.3 Å². The van der Waals surface area contributed by atoms with E-state index < -0.39 is 23.6 Å². The first-order valence-corrected chi connectivity index (χ1v) is 13.6. The number of nitrogens with one attached hydrogen (secondary N) is 2. The first kappa shape index (κ1) is 28.0. The number of nitrogens with two attached hydrogens (primary N) is 2. The van der Waals surface area contributed by atoms with Crippen LogP contribution in [0.4, 0.5) is 11.4 Å². The number of benzene rings is 4. The molecule has 0 saturated carbocycles. The monoisotopic (exact) mass is 586 g/mol. The zero-order chi connectivity index (χ0) is 31.1. The van der Waals surface area contributed by atoms with Gasteiger partial charge in [0.15, 0.2) is 0 Å². The number of rotatable bonds is 7. The van der Waals surface area contributed by atoms with Crippen molar-refractivity contribution in [3.8, 4) is 22.6 Å². The lowest BCUT2D eigenvalue weighted by atomic mass is 9.86. The van der Waals surface area contributed by atoms with Gasteiger partial charge in [0.1, 0.15) is 11.5 Å². The Bertz CT molecular complexity index is 1980. The molecule has 0 aromatic heterocycles. The van der Waals surface area contributed by atoms with Crippen LogP contribution in [0.5, 0.6) is 11.5 Å². The first-order valence-electron chi connectivity index (χ1n) is 13.6. The molecule has 2 heterocycles. The average Bonchev–Trinajstić information content (AvgIpc) is 3.44.